The van der Waals surface area contributed by atoms with E-state index in [1.807, 2.05) is 0 Å². The van der Waals surface area contributed by atoms with Gasteiger partial charge in [-0.1, -0.05) is 23.2 Å². The number of oxime groups is 1. The lowest BCUT2D eigenvalue weighted by molar-refractivity contribution is 0.318. The highest BCUT2D eigenvalue weighted by Crippen LogP contribution is 2.40. The fourth-order valence-electron chi connectivity index (χ4n) is 3.60. The van der Waals surface area contributed by atoms with E-state index < -0.39 is 0 Å². The molecule has 2 heterocycles. The zero-order valence-corrected chi connectivity index (χ0v) is 12.1. The number of hydrogen-bond acceptors (Lipinski definition) is 4. The molecule has 3 N–H and O–H groups in total. The Morgan fingerprint density at radius 3 is 3.00 bits per heavy atom. The fraction of sp³-hybridized carbons (Fsp3) is 0.571. The van der Waals surface area contributed by atoms with Gasteiger partial charge < -0.3 is 15.8 Å². The highest BCUT2D eigenvalue weighted by Gasteiger charge is 2.36. The van der Waals surface area contributed by atoms with Gasteiger partial charge in [0.2, 0.25) is 0 Å². The lowest BCUT2D eigenvalue weighted by Crippen LogP contribution is -2.43. The van der Waals surface area contributed by atoms with Crippen molar-refractivity contribution in [3.05, 3.63) is 22.8 Å². The van der Waals surface area contributed by atoms with Crippen LogP contribution in [-0.2, 0) is 0 Å². The average Bonchev–Trinajstić information content (AvgIpc) is 2.95. The maximum Gasteiger partial charge on any atom is 0.171 e. The van der Waals surface area contributed by atoms with Crippen LogP contribution < -0.4 is 10.6 Å². The molecular weight excluding hydrogens is 276 g/mol. The van der Waals surface area contributed by atoms with Crippen LogP contribution in [0.5, 0.6) is 0 Å². The minimum absolute atomic E-state index is 0.0265. The Balaban J connectivity index is 1.97. The molecule has 2 atom stereocenters. The predicted molar refractivity (Wildman–Crippen MR) is 79.5 cm³/mol. The van der Waals surface area contributed by atoms with Crippen LogP contribution in [0, 0.1) is 5.92 Å². The SMILES string of the molecule is N/C(=N/O)c1ccnc(N2CCCC3CCCC32)c1Cl. The molecule has 6 heteroatoms. The third-order valence-electron chi connectivity index (χ3n) is 4.52. The number of piperidine rings is 1. The van der Waals surface area contributed by atoms with Gasteiger partial charge in [-0.05, 0) is 37.7 Å². The van der Waals surface area contributed by atoms with E-state index in [9.17, 15) is 0 Å². The molecule has 3 rings (SSSR count). The van der Waals surface area contributed by atoms with Crippen LogP contribution in [0.4, 0.5) is 5.82 Å². The van der Waals surface area contributed by atoms with E-state index >= 15 is 0 Å². The first-order valence-corrected chi connectivity index (χ1v) is 7.49. The molecule has 108 valence electrons. The molecule has 2 unspecified atom stereocenters. The normalized spacial score (nSPS) is 26.6. The summed E-state index contributed by atoms with van der Waals surface area (Å²) < 4.78 is 0. The largest absolute Gasteiger partial charge is 0.409 e. The van der Waals surface area contributed by atoms with Crippen molar-refractivity contribution < 1.29 is 5.21 Å². The molecule has 1 aliphatic carbocycles. The summed E-state index contributed by atoms with van der Waals surface area (Å²) in [6.45, 7) is 0.980. The van der Waals surface area contributed by atoms with Gasteiger partial charge in [0.25, 0.3) is 0 Å². The van der Waals surface area contributed by atoms with E-state index in [-0.39, 0.29) is 5.84 Å². The van der Waals surface area contributed by atoms with Gasteiger partial charge in [-0.15, -0.1) is 0 Å². The Bertz CT molecular complexity index is 534. The number of halogens is 1. The molecule has 0 amide bonds. The van der Waals surface area contributed by atoms with Gasteiger partial charge >= 0.3 is 0 Å². The van der Waals surface area contributed by atoms with Gasteiger partial charge in [0.1, 0.15) is 5.82 Å². The monoisotopic (exact) mass is 294 g/mol. The van der Waals surface area contributed by atoms with Crippen LogP contribution in [0.25, 0.3) is 0 Å². The van der Waals surface area contributed by atoms with Gasteiger partial charge in [0.05, 0.1) is 5.02 Å². The number of anilines is 1. The van der Waals surface area contributed by atoms with Crippen LogP contribution in [0.1, 0.15) is 37.7 Å². The summed E-state index contributed by atoms with van der Waals surface area (Å²) in [5, 5.41) is 12.4. The van der Waals surface area contributed by atoms with Crippen molar-refractivity contribution in [2.24, 2.45) is 16.8 Å². The number of amidine groups is 1. The maximum absolute atomic E-state index is 8.83. The molecular formula is C14H19ClN4O. The van der Waals surface area contributed by atoms with E-state index in [4.69, 9.17) is 22.5 Å². The third-order valence-corrected chi connectivity index (χ3v) is 4.89. The van der Waals surface area contributed by atoms with Crippen molar-refractivity contribution in [2.75, 3.05) is 11.4 Å². The fourth-order valence-corrected chi connectivity index (χ4v) is 3.92. The van der Waals surface area contributed by atoms with Crippen molar-refractivity contribution in [2.45, 2.75) is 38.1 Å². The molecule has 20 heavy (non-hydrogen) atoms. The first-order valence-electron chi connectivity index (χ1n) is 7.11. The predicted octanol–water partition coefficient (Wildman–Crippen LogP) is 2.60. The van der Waals surface area contributed by atoms with Crippen LogP contribution in [0.3, 0.4) is 0 Å². The average molecular weight is 295 g/mol. The molecule has 1 aromatic rings. The molecule has 1 aliphatic heterocycles. The van der Waals surface area contributed by atoms with Gasteiger partial charge in [-0.3, -0.25) is 0 Å². The smallest absolute Gasteiger partial charge is 0.171 e. The molecule has 1 saturated heterocycles. The molecule has 5 nitrogen and oxygen atoms in total. The van der Waals surface area contributed by atoms with Crippen LogP contribution >= 0.6 is 11.6 Å². The highest BCUT2D eigenvalue weighted by atomic mass is 35.5. The Morgan fingerprint density at radius 1 is 1.40 bits per heavy atom. The topological polar surface area (TPSA) is 74.7 Å². The summed E-state index contributed by atoms with van der Waals surface area (Å²) in [7, 11) is 0. The molecule has 1 saturated carbocycles. The van der Waals surface area contributed by atoms with Crippen molar-refractivity contribution in [3.63, 3.8) is 0 Å². The second kappa shape index (κ2) is 5.48. The summed E-state index contributed by atoms with van der Waals surface area (Å²) in [6, 6.07) is 2.22. The zero-order valence-electron chi connectivity index (χ0n) is 11.3. The Morgan fingerprint density at radius 2 is 2.20 bits per heavy atom. The van der Waals surface area contributed by atoms with Gasteiger partial charge in [0.15, 0.2) is 5.84 Å². The Hall–Kier alpha value is -1.49. The first-order chi connectivity index (χ1) is 9.72. The lowest BCUT2D eigenvalue weighted by atomic mass is 9.92. The minimum Gasteiger partial charge on any atom is -0.409 e. The van der Waals surface area contributed by atoms with Crippen molar-refractivity contribution in [1.29, 1.82) is 0 Å². The number of hydrogen-bond donors (Lipinski definition) is 2. The van der Waals surface area contributed by atoms with E-state index in [1.165, 1.54) is 32.1 Å². The number of nitrogens with zero attached hydrogens (tertiary/aromatic N) is 3. The lowest BCUT2D eigenvalue weighted by Gasteiger charge is -2.39. The number of fused-ring (bicyclic) bond motifs is 1. The molecule has 0 spiro atoms. The number of aromatic nitrogens is 1. The van der Waals surface area contributed by atoms with Crippen molar-refractivity contribution in [1.82, 2.24) is 4.98 Å². The zero-order chi connectivity index (χ0) is 14.1. The second-order valence-corrected chi connectivity index (χ2v) is 5.95. The first kappa shape index (κ1) is 13.5. The van der Waals surface area contributed by atoms with E-state index in [2.05, 4.69) is 15.0 Å². The van der Waals surface area contributed by atoms with E-state index in [0.717, 1.165) is 18.3 Å². The molecule has 0 radical (unpaired) electrons. The number of nitrogens with two attached hydrogens (primary N) is 1. The molecule has 0 aromatic carbocycles. The number of pyridine rings is 1. The maximum atomic E-state index is 8.83. The number of rotatable bonds is 2. The van der Waals surface area contributed by atoms with E-state index in [1.54, 1.807) is 12.3 Å². The molecule has 2 aliphatic rings. The summed E-state index contributed by atoms with van der Waals surface area (Å²) in [5.74, 6) is 1.56. The molecule has 1 aromatic heterocycles. The Labute approximate surface area is 123 Å². The van der Waals surface area contributed by atoms with Gasteiger partial charge in [-0.25, -0.2) is 4.98 Å². The summed E-state index contributed by atoms with van der Waals surface area (Å²) in [5.41, 5.74) is 6.21. The van der Waals surface area contributed by atoms with Crippen LogP contribution in [0.15, 0.2) is 17.4 Å². The second-order valence-electron chi connectivity index (χ2n) is 5.58. The van der Waals surface area contributed by atoms with Crippen molar-refractivity contribution >= 4 is 23.3 Å². The van der Waals surface area contributed by atoms with Gasteiger partial charge in [-0.2, -0.15) is 0 Å². The standard InChI is InChI=1S/C14H19ClN4O/c15-12-10(13(16)18-20)6-7-17-14(12)19-8-2-4-9-3-1-5-11(9)19/h6-7,9,11,20H,1-5,8H2,(H2,16,18). The summed E-state index contributed by atoms with van der Waals surface area (Å²) >= 11 is 6.43. The van der Waals surface area contributed by atoms with Crippen LogP contribution in [-0.4, -0.2) is 28.6 Å². The highest BCUT2D eigenvalue weighted by molar-refractivity contribution is 6.36. The van der Waals surface area contributed by atoms with Crippen LogP contribution in [0.2, 0.25) is 5.02 Å². The molecule has 0 bridgehead atoms. The Kier molecular flexibility index (Phi) is 3.70. The van der Waals surface area contributed by atoms with Crippen molar-refractivity contribution in [3.8, 4) is 0 Å². The minimum atomic E-state index is 0.0265. The summed E-state index contributed by atoms with van der Waals surface area (Å²) in [6.07, 6.45) is 7.94. The quantitative estimate of drug-likeness (QED) is 0.380. The third kappa shape index (κ3) is 2.20. The molecule has 2 fully saturated rings. The van der Waals surface area contributed by atoms with E-state index in [0.29, 0.717) is 16.6 Å². The summed E-state index contributed by atoms with van der Waals surface area (Å²) in [4.78, 5) is 6.76. The van der Waals surface area contributed by atoms with Gasteiger partial charge in [0, 0.05) is 24.3 Å².